The smallest absolute Gasteiger partial charge is 0.0727 e. The SMILES string of the molecule is CCN(CC)C1(C(O)CCc2cnn(C)c2)CCCC1. The molecule has 4 heteroatoms. The highest BCUT2D eigenvalue weighted by Gasteiger charge is 2.43. The van der Waals surface area contributed by atoms with Crippen LogP contribution in [0.2, 0.25) is 0 Å². The molecule has 1 N–H and O–H groups in total. The van der Waals surface area contributed by atoms with Crippen LogP contribution >= 0.6 is 0 Å². The standard InChI is InChI=1S/C16H29N3O/c1-4-19(5-2)16(10-6-7-11-16)15(20)9-8-14-12-17-18(3)13-14/h12-13,15,20H,4-11H2,1-3H3. The van der Waals surface area contributed by atoms with Crippen LogP contribution in [0.25, 0.3) is 0 Å². The molecule has 0 amide bonds. The zero-order valence-electron chi connectivity index (χ0n) is 13.2. The van der Waals surface area contributed by atoms with Gasteiger partial charge in [-0.15, -0.1) is 0 Å². The first kappa shape index (κ1) is 15.5. The van der Waals surface area contributed by atoms with Crippen LogP contribution in [0, 0.1) is 0 Å². The number of hydrogen-bond donors (Lipinski definition) is 1. The van der Waals surface area contributed by atoms with Crippen LogP contribution in [-0.4, -0.2) is 44.5 Å². The van der Waals surface area contributed by atoms with Crippen LogP contribution in [0.5, 0.6) is 0 Å². The van der Waals surface area contributed by atoms with E-state index in [2.05, 4.69) is 23.8 Å². The fourth-order valence-electron chi connectivity index (χ4n) is 3.87. The van der Waals surface area contributed by atoms with Gasteiger partial charge in [-0.1, -0.05) is 26.7 Å². The Bertz CT molecular complexity index is 406. The zero-order valence-corrected chi connectivity index (χ0v) is 13.2. The Morgan fingerprint density at radius 3 is 2.50 bits per heavy atom. The molecule has 114 valence electrons. The summed E-state index contributed by atoms with van der Waals surface area (Å²) in [6.07, 6.45) is 10.3. The lowest BCUT2D eigenvalue weighted by molar-refractivity contribution is -0.0287. The molecule has 0 radical (unpaired) electrons. The van der Waals surface area contributed by atoms with E-state index in [1.54, 1.807) is 0 Å². The van der Waals surface area contributed by atoms with Crippen molar-refractivity contribution in [3.05, 3.63) is 18.0 Å². The van der Waals surface area contributed by atoms with Gasteiger partial charge in [-0.25, -0.2) is 0 Å². The molecule has 0 saturated heterocycles. The summed E-state index contributed by atoms with van der Waals surface area (Å²) in [7, 11) is 1.94. The van der Waals surface area contributed by atoms with Crippen LogP contribution < -0.4 is 0 Å². The summed E-state index contributed by atoms with van der Waals surface area (Å²) in [6, 6.07) is 0. The van der Waals surface area contributed by atoms with Crippen molar-refractivity contribution in [2.24, 2.45) is 7.05 Å². The molecule has 1 aromatic heterocycles. The summed E-state index contributed by atoms with van der Waals surface area (Å²) in [5.74, 6) is 0. The molecule has 20 heavy (non-hydrogen) atoms. The molecule has 1 heterocycles. The van der Waals surface area contributed by atoms with Crippen molar-refractivity contribution >= 4 is 0 Å². The fraction of sp³-hybridized carbons (Fsp3) is 0.812. The topological polar surface area (TPSA) is 41.3 Å². The third kappa shape index (κ3) is 3.07. The van der Waals surface area contributed by atoms with E-state index in [9.17, 15) is 5.11 Å². The summed E-state index contributed by atoms with van der Waals surface area (Å²) >= 11 is 0. The van der Waals surface area contributed by atoms with Crippen LogP contribution in [0.15, 0.2) is 12.4 Å². The molecule has 0 spiro atoms. The van der Waals surface area contributed by atoms with Crippen molar-refractivity contribution in [1.29, 1.82) is 0 Å². The number of rotatable bonds is 7. The van der Waals surface area contributed by atoms with E-state index in [1.807, 2.05) is 24.1 Å². The van der Waals surface area contributed by atoms with E-state index >= 15 is 0 Å². The average molecular weight is 279 g/mol. The van der Waals surface area contributed by atoms with E-state index in [0.717, 1.165) is 38.8 Å². The number of hydrogen-bond acceptors (Lipinski definition) is 3. The van der Waals surface area contributed by atoms with Crippen molar-refractivity contribution < 1.29 is 5.11 Å². The maximum absolute atomic E-state index is 10.8. The Hall–Kier alpha value is -0.870. The van der Waals surface area contributed by atoms with Crippen LogP contribution in [-0.2, 0) is 13.5 Å². The van der Waals surface area contributed by atoms with Gasteiger partial charge in [-0.2, -0.15) is 5.10 Å². The number of aromatic nitrogens is 2. The third-order valence-electron chi connectivity index (χ3n) is 4.95. The van der Waals surface area contributed by atoms with Crippen LogP contribution in [0.4, 0.5) is 0 Å². The maximum atomic E-state index is 10.8. The van der Waals surface area contributed by atoms with Gasteiger partial charge < -0.3 is 5.11 Å². The first-order valence-electron chi connectivity index (χ1n) is 8.03. The first-order valence-corrected chi connectivity index (χ1v) is 8.03. The van der Waals surface area contributed by atoms with Crippen molar-refractivity contribution in [2.45, 2.75) is 64.0 Å². The number of aliphatic hydroxyl groups is 1. The molecule has 0 aromatic carbocycles. The molecule has 1 saturated carbocycles. The highest BCUT2D eigenvalue weighted by molar-refractivity contribution is 5.06. The lowest BCUT2D eigenvalue weighted by atomic mass is 9.85. The van der Waals surface area contributed by atoms with Gasteiger partial charge in [0.25, 0.3) is 0 Å². The predicted molar refractivity (Wildman–Crippen MR) is 81.7 cm³/mol. The Balaban J connectivity index is 2.01. The normalized spacial score (nSPS) is 19.6. The molecule has 0 aliphatic heterocycles. The van der Waals surface area contributed by atoms with E-state index in [4.69, 9.17) is 0 Å². The molecule has 1 aliphatic carbocycles. The molecule has 4 nitrogen and oxygen atoms in total. The lowest BCUT2D eigenvalue weighted by Gasteiger charge is -2.44. The van der Waals surface area contributed by atoms with Crippen LogP contribution in [0.1, 0.15) is 51.5 Å². The molecule has 1 aliphatic rings. The van der Waals surface area contributed by atoms with Gasteiger partial charge in [-0.3, -0.25) is 9.58 Å². The third-order valence-corrected chi connectivity index (χ3v) is 4.95. The number of nitrogens with zero attached hydrogens (tertiary/aromatic N) is 3. The second-order valence-corrected chi connectivity index (χ2v) is 6.06. The van der Waals surface area contributed by atoms with E-state index < -0.39 is 0 Å². The van der Waals surface area contributed by atoms with Crippen molar-refractivity contribution in [2.75, 3.05) is 13.1 Å². The largest absolute Gasteiger partial charge is 0.391 e. The molecule has 1 aromatic rings. The summed E-state index contributed by atoms with van der Waals surface area (Å²) < 4.78 is 1.83. The second kappa shape index (κ2) is 6.72. The maximum Gasteiger partial charge on any atom is 0.0727 e. The van der Waals surface area contributed by atoms with Gasteiger partial charge in [0.05, 0.1) is 12.3 Å². The van der Waals surface area contributed by atoms with Gasteiger partial charge in [-0.05, 0) is 44.3 Å². The predicted octanol–water partition coefficient (Wildman–Crippen LogP) is 2.37. The second-order valence-electron chi connectivity index (χ2n) is 6.06. The zero-order chi connectivity index (χ0) is 14.6. The summed E-state index contributed by atoms with van der Waals surface area (Å²) in [4.78, 5) is 2.48. The number of aliphatic hydroxyl groups excluding tert-OH is 1. The molecule has 1 atom stereocenters. The molecule has 1 unspecified atom stereocenters. The molecule has 1 fully saturated rings. The quantitative estimate of drug-likeness (QED) is 0.833. The summed E-state index contributed by atoms with van der Waals surface area (Å²) in [5.41, 5.74) is 1.24. The van der Waals surface area contributed by atoms with Crippen molar-refractivity contribution in [3.8, 4) is 0 Å². The minimum Gasteiger partial charge on any atom is -0.391 e. The monoisotopic (exact) mass is 279 g/mol. The molecular weight excluding hydrogens is 250 g/mol. The molecule has 0 bridgehead atoms. The molecular formula is C16H29N3O. The highest BCUT2D eigenvalue weighted by Crippen LogP contribution is 2.39. The molecule has 2 rings (SSSR count). The van der Waals surface area contributed by atoms with Gasteiger partial charge in [0, 0.05) is 18.8 Å². The van der Waals surface area contributed by atoms with E-state index in [0.29, 0.717) is 0 Å². The minimum atomic E-state index is -0.231. The van der Waals surface area contributed by atoms with E-state index in [-0.39, 0.29) is 11.6 Å². The Labute approximate surface area is 122 Å². The Kier molecular flexibility index (Phi) is 5.22. The van der Waals surface area contributed by atoms with Crippen molar-refractivity contribution in [1.82, 2.24) is 14.7 Å². The summed E-state index contributed by atoms with van der Waals surface area (Å²) in [6.45, 7) is 6.47. The number of aryl methyl sites for hydroxylation is 2. The summed E-state index contributed by atoms with van der Waals surface area (Å²) in [5, 5.41) is 15.0. The van der Waals surface area contributed by atoms with E-state index in [1.165, 1.54) is 18.4 Å². The Morgan fingerprint density at radius 1 is 1.35 bits per heavy atom. The Morgan fingerprint density at radius 2 is 2.00 bits per heavy atom. The van der Waals surface area contributed by atoms with Gasteiger partial charge in [0.1, 0.15) is 0 Å². The first-order chi connectivity index (χ1) is 9.62. The van der Waals surface area contributed by atoms with Gasteiger partial charge >= 0.3 is 0 Å². The van der Waals surface area contributed by atoms with Gasteiger partial charge in [0.2, 0.25) is 0 Å². The van der Waals surface area contributed by atoms with Crippen LogP contribution in [0.3, 0.4) is 0 Å². The number of likely N-dealkylation sites (N-methyl/N-ethyl adjacent to an activating group) is 1. The minimum absolute atomic E-state index is 0.0196. The van der Waals surface area contributed by atoms with Crippen molar-refractivity contribution in [3.63, 3.8) is 0 Å². The lowest BCUT2D eigenvalue weighted by Crippen LogP contribution is -2.55. The highest BCUT2D eigenvalue weighted by atomic mass is 16.3. The fourth-order valence-corrected chi connectivity index (χ4v) is 3.87. The van der Waals surface area contributed by atoms with Gasteiger partial charge in [0.15, 0.2) is 0 Å². The average Bonchev–Trinajstić information content (AvgIpc) is 3.08.